The van der Waals surface area contributed by atoms with E-state index in [4.69, 9.17) is 0 Å². The third-order valence-electron chi connectivity index (χ3n) is 9.91. The van der Waals surface area contributed by atoms with Crippen LogP contribution in [0.15, 0.2) is 121 Å². The first-order valence-corrected chi connectivity index (χ1v) is 19.9. The molecule has 0 spiro atoms. The van der Waals surface area contributed by atoms with Crippen LogP contribution in [-0.2, 0) is 54.5 Å². The highest BCUT2D eigenvalue weighted by atomic mass is 32.1. The first kappa shape index (κ1) is 41.0. The second-order valence-corrected chi connectivity index (χ2v) is 15.3. The fraction of sp³-hybridized carbons (Fsp3) is 0.244. The van der Waals surface area contributed by atoms with E-state index in [1.807, 2.05) is 79.0 Å². The van der Waals surface area contributed by atoms with Gasteiger partial charge in [-0.3, -0.25) is 24.0 Å². The van der Waals surface area contributed by atoms with Crippen molar-refractivity contribution in [3.05, 3.63) is 148 Å². The Balaban J connectivity index is 1.34. The maximum Gasteiger partial charge on any atom is 0.326 e. The average Bonchev–Trinajstić information content (AvgIpc) is 3.73. The van der Waals surface area contributed by atoms with Gasteiger partial charge in [-0.1, -0.05) is 97.1 Å². The smallest absolute Gasteiger partial charge is 0.326 e. The van der Waals surface area contributed by atoms with Crippen LogP contribution >= 0.6 is 11.3 Å². The molecule has 5 aromatic rings. The van der Waals surface area contributed by atoms with Gasteiger partial charge in [-0.15, -0.1) is 11.3 Å². The monoisotopic (exact) mass is 799 g/mol. The van der Waals surface area contributed by atoms with Crippen molar-refractivity contribution >= 4 is 52.5 Å². The highest BCUT2D eigenvalue weighted by Gasteiger charge is 2.32. The normalized spacial score (nSPS) is 19.8. The number of carbonyl (C=O) groups is 6. The highest BCUT2D eigenvalue weighted by Crippen LogP contribution is 2.24. The molecule has 3 heterocycles. The maximum atomic E-state index is 14.4. The molecule has 0 unspecified atom stereocenters. The summed E-state index contributed by atoms with van der Waals surface area (Å²) in [5.41, 5.74) is 5.56. The van der Waals surface area contributed by atoms with E-state index in [1.54, 1.807) is 48.5 Å². The van der Waals surface area contributed by atoms with Crippen LogP contribution < -0.4 is 26.6 Å². The van der Waals surface area contributed by atoms with E-state index in [0.717, 1.165) is 21.6 Å². The molecule has 1 aromatic heterocycles. The van der Waals surface area contributed by atoms with Gasteiger partial charge in [-0.2, -0.15) is 0 Å². The van der Waals surface area contributed by atoms with Crippen LogP contribution in [0.25, 0.3) is 11.1 Å². The Labute approximate surface area is 340 Å². The lowest BCUT2D eigenvalue weighted by Crippen LogP contribution is -2.59. The minimum Gasteiger partial charge on any atom is -0.480 e. The van der Waals surface area contributed by atoms with E-state index < -0.39 is 59.7 Å². The van der Waals surface area contributed by atoms with Gasteiger partial charge >= 0.3 is 5.97 Å². The molecular formula is C45H45N5O7S. The third-order valence-corrected chi connectivity index (χ3v) is 10.8. The molecule has 58 heavy (non-hydrogen) atoms. The summed E-state index contributed by atoms with van der Waals surface area (Å²) in [6, 6.07) is 29.8. The molecule has 0 fully saturated rings. The van der Waals surface area contributed by atoms with E-state index >= 15 is 0 Å². The minimum atomic E-state index is -1.35. The van der Waals surface area contributed by atoms with Crippen molar-refractivity contribution in [2.45, 2.75) is 69.6 Å². The number of carboxylic acids is 1. The van der Waals surface area contributed by atoms with Crippen LogP contribution in [-0.4, -0.2) is 64.8 Å². The fourth-order valence-electron chi connectivity index (χ4n) is 6.75. The molecule has 0 radical (unpaired) electrons. The summed E-state index contributed by atoms with van der Waals surface area (Å²) in [6.45, 7) is 2.02. The summed E-state index contributed by atoms with van der Waals surface area (Å²) < 4.78 is 0. The molecule has 0 saturated heterocycles. The van der Waals surface area contributed by atoms with Crippen LogP contribution in [0.5, 0.6) is 0 Å². The highest BCUT2D eigenvalue weighted by molar-refractivity contribution is 7.09. The summed E-state index contributed by atoms with van der Waals surface area (Å²) >= 11 is 1.41. The Hall–Kier alpha value is -6.60. The first-order chi connectivity index (χ1) is 28.0. The molecule has 5 amide bonds. The second-order valence-electron chi connectivity index (χ2n) is 14.3. The quantitative estimate of drug-likeness (QED) is 0.123. The van der Waals surface area contributed by atoms with E-state index in [-0.39, 0.29) is 38.5 Å². The lowest BCUT2D eigenvalue weighted by Gasteiger charge is -2.26. The van der Waals surface area contributed by atoms with Crippen LogP contribution in [0.4, 0.5) is 5.69 Å². The summed E-state index contributed by atoms with van der Waals surface area (Å²) in [5, 5.41) is 25.8. The SMILES string of the molecule is Cc1ccccc1-c1ccc(C[C@@H]2NC(=O)[C@@H](Cc3cccs3)NC(=O)CCC(=O)Nc3ccc(cc3)C[C@@H](C(=O)O)NC(=O)[C@@H](Cc3ccccc3)NC2=O)cc1. The Bertz CT molecular complexity index is 2230. The number of hydrogen-bond acceptors (Lipinski definition) is 7. The number of benzene rings is 4. The standard InChI is InChI=1S/C45H45N5O7S/c1-28-8-5-6-12-35(28)32-17-13-30(14-18-32)25-37-42(53)48-36(24-29-9-3-2-4-10-29)43(54)50-39(45(56)57)26-31-15-19-33(20-16-31)46-40(51)21-22-41(52)47-38(44(55)49-37)27-34-11-7-23-58-34/h2-20,23,36-39H,21-22,24-27H2,1H3,(H,46,51)(H,47,52)(H,48,53)(H,49,55)(H,50,54)(H,56,57)/t36-,37+,38-,39+/m1/s1. The van der Waals surface area contributed by atoms with Crippen molar-refractivity contribution in [1.82, 2.24) is 21.3 Å². The zero-order valence-corrected chi connectivity index (χ0v) is 32.7. The molecule has 2 aliphatic rings. The van der Waals surface area contributed by atoms with Crippen molar-refractivity contribution in [3.63, 3.8) is 0 Å². The molecule has 2 bridgehead atoms. The number of hydrogen-bond donors (Lipinski definition) is 6. The molecule has 7 rings (SSSR count). The number of anilines is 1. The molecule has 4 aromatic carbocycles. The van der Waals surface area contributed by atoms with E-state index in [9.17, 15) is 33.9 Å². The largest absolute Gasteiger partial charge is 0.480 e. The Morgan fingerprint density at radius 2 is 1.21 bits per heavy atom. The summed E-state index contributed by atoms with van der Waals surface area (Å²) in [4.78, 5) is 82.0. The van der Waals surface area contributed by atoms with Crippen molar-refractivity contribution in [1.29, 1.82) is 0 Å². The minimum absolute atomic E-state index is 0.0265. The van der Waals surface area contributed by atoms with E-state index in [2.05, 4.69) is 26.6 Å². The van der Waals surface area contributed by atoms with E-state index in [0.29, 0.717) is 22.4 Å². The van der Waals surface area contributed by atoms with Crippen LogP contribution in [0, 0.1) is 6.92 Å². The lowest BCUT2D eigenvalue weighted by molar-refractivity contribution is -0.142. The third kappa shape index (κ3) is 11.5. The van der Waals surface area contributed by atoms with Gasteiger partial charge in [0.25, 0.3) is 0 Å². The lowest BCUT2D eigenvalue weighted by atomic mass is 9.97. The number of carbonyl (C=O) groups excluding carboxylic acids is 5. The number of thiophene rings is 1. The van der Waals surface area contributed by atoms with E-state index in [1.165, 1.54) is 11.3 Å². The van der Waals surface area contributed by atoms with Gasteiger partial charge in [0.2, 0.25) is 29.5 Å². The number of amides is 5. The number of fused-ring (bicyclic) bond motifs is 18. The van der Waals surface area contributed by atoms with Gasteiger partial charge in [0, 0.05) is 49.1 Å². The van der Waals surface area contributed by atoms with Gasteiger partial charge in [0.1, 0.15) is 24.2 Å². The summed E-state index contributed by atoms with van der Waals surface area (Å²) in [7, 11) is 0. The Morgan fingerprint density at radius 3 is 1.83 bits per heavy atom. The zero-order chi connectivity index (χ0) is 41.0. The maximum absolute atomic E-state index is 14.4. The van der Waals surface area contributed by atoms with Gasteiger partial charge in [0.05, 0.1) is 0 Å². The summed E-state index contributed by atoms with van der Waals surface area (Å²) in [5.74, 6) is -4.28. The number of carboxylic acid groups (broad SMARTS) is 1. The molecule has 6 N–H and O–H groups in total. The van der Waals surface area contributed by atoms with Crippen LogP contribution in [0.2, 0.25) is 0 Å². The molecule has 298 valence electrons. The number of aliphatic carboxylic acids is 1. The first-order valence-electron chi connectivity index (χ1n) is 19.0. The van der Waals surface area contributed by atoms with Gasteiger partial charge in [-0.25, -0.2) is 4.79 Å². The van der Waals surface area contributed by atoms with Gasteiger partial charge in [-0.05, 0) is 63.9 Å². The molecule has 13 heteroatoms. The second kappa shape index (κ2) is 19.5. The predicted molar refractivity (Wildman–Crippen MR) is 222 cm³/mol. The zero-order valence-electron chi connectivity index (χ0n) is 31.9. The molecule has 2 aliphatic heterocycles. The molecule has 0 saturated carbocycles. The number of aryl methyl sites for hydroxylation is 1. The molecule has 12 nitrogen and oxygen atoms in total. The topological polar surface area (TPSA) is 183 Å². The van der Waals surface area contributed by atoms with Crippen molar-refractivity contribution in [2.75, 3.05) is 5.32 Å². The van der Waals surface area contributed by atoms with Crippen molar-refractivity contribution < 1.29 is 33.9 Å². The van der Waals surface area contributed by atoms with Crippen LogP contribution in [0.1, 0.15) is 40.0 Å². The van der Waals surface area contributed by atoms with Gasteiger partial charge in [0.15, 0.2) is 0 Å². The number of nitrogens with one attached hydrogen (secondary N) is 5. The fourth-order valence-corrected chi connectivity index (χ4v) is 7.51. The van der Waals surface area contributed by atoms with Crippen molar-refractivity contribution in [2.24, 2.45) is 0 Å². The summed E-state index contributed by atoms with van der Waals surface area (Å²) in [6.07, 6.45) is -0.265. The Morgan fingerprint density at radius 1 is 0.621 bits per heavy atom. The average molecular weight is 800 g/mol. The predicted octanol–water partition coefficient (Wildman–Crippen LogP) is 4.75. The van der Waals surface area contributed by atoms with Gasteiger partial charge < -0.3 is 31.7 Å². The van der Waals surface area contributed by atoms with Crippen molar-refractivity contribution in [3.8, 4) is 11.1 Å². The van der Waals surface area contributed by atoms with Crippen LogP contribution in [0.3, 0.4) is 0 Å². The Kier molecular flexibility index (Phi) is 13.8. The molecule has 4 atom stereocenters. The molecule has 0 aliphatic carbocycles. The molecular weight excluding hydrogens is 755 g/mol. The number of rotatable bonds is 8.